The molecular weight excluding hydrogens is 305 g/mol. The highest BCUT2D eigenvalue weighted by Gasteiger charge is 2.19. The molecule has 122 valence electrons. The molecule has 2 N–H and O–H groups in total. The average Bonchev–Trinajstić information content (AvgIpc) is 3.19. The van der Waals surface area contributed by atoms with Crippen LogP contribution >= 0.6 is 0 Å². The molecule has 0 fully saturated rings. The van der Waals surface area contributed by atoms with Crippen LogP contribution in [0.15, 0.2) is 42.5 Å². The molecule has 24 heavy (non-hydrogen) atoms. The average molecular weight is 323 g/mol. The zero-order valence-electron chi connectivity index (χ0n) is 13.4. The number of amides is 1. The molecule has 4 nitrogen and oxygen atoms in total. The molecule has 2 aromatic carbocycles. The van der Waals surface area contributed by atoms with Gasteiger partial charge < -0.3 is 15.2 Å². The molecule has 1 aliphatic heterocycles. The number of carbonyl (C=O) groups excluding carboxylic acids is 1. The first-order valence-electron chi connectivity index (χ1n) is 8.12. The molecule has 1 aliphatic rings. The SMILES string of the molecule is CCN1CCc2ccc(NC(=O)c3cc4c(F)cccc4[nH]3)cc21. The molecular formula is C19H18FN3O. The van der Waals surface area contributed by atoms with E-state index >= 15 is 0 Å². The van der Waals surface area contributed by atoms with Gasteiger partial charge in [-0.15, -0.1) is 0 Å². The monoisotopic (exact) mass is 323 g/mol. The molecule has 4 rings (SSSR count). The maximum atomic E-state index is 13.8. The Bertz CT molecular complexity index is 932. The third kappa shape index (κ3) is 2.42. The molecule has 0 atom stereocenters. The van der Waals surface area contributed by atoms with Crippen LogP contribution in [0.2, 0.25) is 0 Å². The highest BCUT2D eigenvalue weighted by molar-refractivity contribution is 6.06. The van der Waals surface area contributed by atoms with Crippen LogP contribution in [0.4, 0.5) is 15.8 Å². The van der Waals surface area contributed by atoms with Gasteiger partial charge in [0.05, 0.1) is 0 Å². The standard InChI is InChI=1S/C19H18FN3O/c1-2-23-9-8-12-6-7-13(10-18(12)23)21-19(24)17-11-14-15(20)4-3-5-16(14)22-17/h3-7,10-11,22H,2,8-9H2,1H3,(H,21,24). The molecule has 0 spiro atoms. The molecule has 1 amide bonds. The van der Waals surface area contributed by atoms with Gasteiger partial charge in [-0.25, -0.2) is 4.39 Å². The lowest BCUT2D eigenvalue weighted by Crippen LogP contribution is -2.19. The number of rotatable bonds is 3. The Labute approximate surface area is 139 Å². The number of carbonyl (C=O) groups is 1. The van der Waals surface area contributed by atoms with Crippen LogP contribution in [0.25, 0.3) is 10.9 Å². The number of likely N-dealkylation sites (N-methyl/N-ethyl adjacent to an activating group) is 1. The topological polar surface area (TPSA) is 48.1 Å². The van der Waals surface area contributed by atoms with Crippen LogP contribution in [0.1, 0.15) is 23.0 Å². The summed E-state index contributed by atoms with van der Waals surface area (Å²) in [5.74, 6) is -0.606. The van der Waals surface area contributed by atoms with Gasteiger partial charge in [-0.3, -0.25) is 4.79 Å². The van der Waals surface area contributed by atoms with E-state index in [9.17, 15) is 9.18 Å². The molecule has 2 heterocycles. The number of hydrogen-bond donors (Lipinski definition) is 2. The van der Waals surface area contributed by atoms with Crippen molar-refractivity contribution in [3.8, 4) is 0 Å². The highest BCUT2D eigenvalue weighted by atomic mass is 19.1. The van der Waals surface area contributed by atoms with E-state index in [0.717, 1.165) is 25.2 Å². The summed E-state index contributed by atoms with van der Waals surface area (Å²) in [5, 5.41) is 3.32. The van der Waals surface area contributed by atoms with Crippen LogP contribution in [0.5, 0.6) is 0 Å². The summed E-state index contributed by atoms with van der Waals surface area (Å²) >= 11 is 0. The Morgan fingerprint density at radius 2 is 2.17 bits per heavy atom. The maximum absolute atomic E-state index is 13.8. The number of halogens is 1. The quantitative estimate of drug-likeness (QED) is 0.767. The fraction of sp³-hybridized carbons (Fsp3) is 0.211. The van der Waals surface area contributed by atoms with Crippen molar-refractivity contribution < 1.29 is 9.18 Å². The van der Waals surface area contributed by atoms with Crippen LogP contribution in [-0.2, 0) is 6.42 Å². The second-order valence-electron chi connectivity index (χ2n) is 6.01. The number of nitrogens with zero attached hydrogens (tertiary/aromatic N) is 1. The van der Waals surface area contributed by atoms with Crippen molar-refractivity contribution in [1.82, 2.24) is 4.98 Å². The smallest absolute Gasteiger partial charge is 0.272 e. The summed E-state index contributed by atoms with van der Waals surface area (Å²) in [7, 11) is 0. The van der Waals surface area contributed by atoms with Crippen LogP contribution in [-0.4, -0.2) is 24.0 Å². The van der Waals surface area contributed by atoms with E-state index in [4.69, 9.17) is 0 Å². The van der Waals surface area contributed by atoms with Gasteiger partial charge in [0, 0.05) is 35.4 Å². The summed E-state index contributed by atoms with van der Waals surface area (Å²) < 4.78 is 13.8. The second kappa shape index (κ2) is 5.67. The summed E-state index contributed by atoms with van der Waals surface area (Å²) in [6, 6.07) is 12.3. The Kier molecular flexibility index (Phi) is 3.49. The molecule has 0 unspecified atom stereocenters. The summed E-state index contributed by atoms with van der Waals surface area (Å²) in [6.45, 7) is 4.09. The number of H-pyrrole nitrogens is 1. The van der Waals surface area contributed by atoms with Crippen molar-refractivity contribution in [3.05, 3.63) is 59.5 Å². The fourth-order valence-electron chi connectivity index (χ4n) is 3.29. The second-order valence-corrected chi connectivity index (χ2v) is 6.01. The first kappa shape index (κ1) is 14.8. The van der Waals surface area contributed by atoms with E-state index in [-0.39, 0.29) is 11.7 Å². The van der Waals surface area contributed by atoms with E-state index in [0.29, 0.717) is 16.6 Å². The molecule has 0 bridgehead atoms. The Hall–Kier alpha value is -2.82. The lowest BCUT2D eigenvalue weighted by Gasteiger charge is -2.17. The van der Waals surface area contributed by atoms with Gasteiger partial charge in [0.2, 0.25) is 0 Å². The minimum atomic E-state index is -0.334. The molecule has 1 aromatic heterocycles. The van der Waals surface area contributed by atoms with Crippen molar-refractivity contribution in [3.63, 3.8) is 0 Å². The number of aromatic amines is 1. The summed E-state index contributed by atoms with van der Waals surface area (Å²) in [4.78, 5) is 17.7. The number of fused-ring (bicyclic) bond motifs is 2. The minimum absolute atomic E-state index is 0.272. The van der Waals surface area contributed by atoms with E-state index in [1.54, 1.807) is 18.2 Å². The molecule has 0 aliphatic carbocycles. The van der Waals surface area contributed by atoms with Gasteiger partial charge in [0.15, 0.2) is 0 Å². The van der Waals surface area contributed by atoms with Gasteiger partial charge in [0.1, 0.15) is 11.5 Å². The third-order valence-electron chi connectivity index (χ3n) is 4.57. The predicted octanol–water partition coefficient (Wildman–Crippen LogP) is 3.94. The number of benzene rings is 2. The van der Waals surface area contributed by atoms with Gasteiger partial charge in [-0.05, 0) is 49.2 Å². The van der Waals surface area contributed by atoms with Crippen molar-refractivity contribution in [2.45, 2.75) is 13.3 Å². The van der Waals surface area contributed by atoms with Crippen molar-refractivity contribution >= 4 is 28.2 Å². The molecule has 0 saturated heterocycles. The fourth-order valence-corrected chi connectivity index (χ4v) is 3.29. The first-order valence-corrected chi connectivity index (χ1v) is 8.12. The van der Waals surface area contributed by atoms with Crippen molar-refractivity contribution in [2.24, 2.45) is 0 Å². The number of anilines is 2. The van der Waals surface area contributed by atoms with Crippen molar-refractivity contribution in [2.75, 3.05) is 23.3 Å². The lowest BCUT2D eigenvalue weighted by molar-refractivity contribution is 0.102. The molecule has 5 heteroatoms. The highest BCUT2D eigenvalue weighted by Crippen LogP contribution is 2.30. The zero-order chi connectivity index (χ0) is 16.7. The van der Waals surface area contributed by atoms with Gasteiger partial charge in [0.25, 0.3) is 5.91 Å². The van der Waals surface area contributed by atoms with Crippen LogP contribution < -0.4 is 10.2 Å². The van der Waals surface area contributed by atoms with E-state index in [1.807, 2.05) is 12.1 Å². The molecule has 0 saturated carbocycles. The summed E-state index contributed by atoms with van der Waals surface area (Å²) in [6.07, 6.45) is 1.04. The van der Waals surface area contributed by atoms with Gasteiger partial charge >= 0.3 is 0 Å². The zero-order valence-corrected chi connectivity index (χ0v) is 13.4. The minimum Gasteiger partial charge on any atom is -0.371 e. The third-order valence-corrected chi connectivity index (χ3v) is 4.57. The Morgan fingerprint density at radius 1 is 1.29 bits per heavy atom. The summed E-state index contributed by atoms with van der Waals surface area (Å²) in [5.41, 5.74) is 4.20. The Morgan fingerprint density at radius 3 is 2.96 bits per heavy atom. The number of hydrogen-bond acceptors (Lipinski definition) is 2. The van der Waals surface area contributed by atoms with E-state index < -0.39 is 0 Å². The normalized spacial score (nSPS) is 13.3. The first-order chi connectivity index (χ1) is 11.7. The van der Waals surface area contributed by atoms with Crippen LogP contribution in [0.3, 0.4) is 0 Å². The predicted molar refractivity (Wildman–Crippen MR) is 94.2 cm³/mol. The Balaban J connectivity index is 1.61. The molecule has 3 aromatic rings. The van der Waals surface area contributed by atoms with Crippen molar-refractivity contribution in [1.29, 1.82) is 0 Å². The molecule has 0 radical (unpaired) electrons. The lowest BCUT2D eigenvalue weighted by atomic mass is 10.1. The van der Waals surface area contributed by atoms with E-state index in [2.05, 4.69) is 28.2 Å². The largest absolute Gasteiger partial charge is 0.371 e. The van der Waals surface area contributed by atoms with Gasteiger partial charge in [-0.1, -0.05) is 12.1 Å². The maximum Gasteiger partial charge on any atom is 0.272 e. The van der Waals surface area contributed by atoms with E-state index in [1.165, 1.54) is 17.3 Å². The number of nitrogens with one attached hydrogen (secondary N) is 2. The van der Waals surface area contributed by atoms with Crippen LogP contribution in [0, 0.1) is 5.82 Å². The van der Waals surface area contributed by atoms with Gasteiger partial charge in [-0.2, -0.15) is 0 Å². The number of aromatic nitrogens is 1.